The standard InChI is InChI=1S/C21H23ClN2O3/c1-14(2)23-21(26)16-11-20(25)24(12-16)18-7-9-19(10-8-18)27-13-15-3-5-17(22)6-4-15/h3-10,14,16H,11-13H2,1-2H3,(H,23,26). The summed E-state index contributed by atoms with van der Waals surface area (Å²) < 4.78 is 5.77. The highest BCUT2D eigenvalue weighted by atomic mass is 35.5. The van der Waals surface area contributed by atoms with Crippen molar-refractivity contribution in [1.29, 1.82) is 0 Å². The van der Waals surface area contributed by atoms with Crippen LogP contribution in [0.5, 0.6) is 5.75 Å². The van der Waals surface area contributed by atoms with Crippen molar-refractivity contribution in [3.05, 3.63) is 59.1 Å². The van der Waals surface area contributed by atoms with Crippen molar-refractivity contribution in [3.8, 4) is 5.75 Å². The second-order valence-electron chi connectivity index (χ2n) is 6.98. The van der Waals surface area contributed by atoms with E-state index in [0.29, 0.717) is 18.2 Å². The largest absolute Gasteiger partial charge is 0.489 e. The minimum Gasteiger partial charge on any atom is -0.489 e. The van der Waals surface area contributed by atoms with Crippen LogP contribution in [0.4, 0.5) is 5.69 Å². The number of carbonyl (C=O) groups excluding carboxylic acids is 2. The zero-order valence-electron chi connectivity index (χ0n) is 15.4. The lowest BCUT2D eigenvalue weighted by Crippen LogP contribution is -2.36. The van der Waals surface area contributed by atoms with E-state index < -0.39 is 0 Å². The molecule has 0 aliphatic carbocycles. The van der Waals surface area contributed by atoms with E-state index in [-0.39, 0.29) is 30.2 Å². The Labute approximate surface area is 164 Å². The van der Waals surface area contributed by atoms with Crippen LogP contribution in [0.15, 0.2) is 48.5 Å². The molecule has 1 heterocycles. The van der Waals surface area contributed by atoms with Crippen LogP contribution >= 0.6 is 11.6 Å². The zero-order valence-corrected chi connectivity index (χ0v) is 16.2. The Kier molecular flexibility index (Phi) is 6.01. The molecule has 2 aromatic rings. The van der Waals surface area contributed by atoms with E-state index in [0.717, 1.165) is 17.0 Å². The molecule has 0 saturated carbocycles. The molecule has 1 atom stereocenters. The first kappa shape index (κ1) is 19.2. The van der Waals surface area contributed by atoms with Crippen molar-refractivity contribution in [2.75, 3.05) is 11.4 Å². The molecule has 3 rings (SSSR count). The molecule has 0 bridgehead atoms. The third-order valence-corrected chi connectivity index (χ3v) is 4.65. The molecule has 6 heteroatoms. The van der Waals surface area contributed by atoms with Gasteiger partial charge in [-0.25, -0.2) is 0 Å². The number of rotatable bonds is 6. The maximum absolute atomic E-state index is 12.3. The van der Waals surface area contributed by atoms with Gasteiger partial charge in [-0.05, 0) is 55.8 Å². The number of nitrogens with one attached hydrogen (secondary N) is 1. The summed E-state index contributed by atoms with van der Waals surface area (Å²) >= 11 is 5.88. The van der Waals surface area contributed by atoms with Crippen LogP contribution < -0.4 is 15.0 Å². The third-order valence-electron chi connectivity index (χ3n) is 4.39. The van der Waals surface area contributed by atoms with Crippen molar-refractivity contribution in [2.45, 2.75) is 32.9 Å². The van der Waals surface area contributed by atoms with E-state index in [1.54, 1.807) is 4.90 Å². The van der Waals surface area contributed by atoms with Gasteiger partial charge in [-0.3, -0.25) is 9.59 Å². The topological polar surface area (TPSA) is 58.6 Å². The normalized spacial score (nSPS) is 16.7. The van der Waals surface area contributed by atoms with Crippen molar-refractivity contribution in [3.63, 3.8) is 0 Å². The van der Waals surface area contributed by atoms with E-state index in [4.69, 9.17) is 16.3 Å². The van der Waals surface area contributed by atoms with Gasteiger partial charge >= 0.3 is 0 Å². The molecule has 0 aromatic heterocycles. The van der Waals surface area contributed by atoms with E-state index in [9.17, 15) is 9.59 Å². The highest BCUT2D eigenvalue weighted by molar-refractivity contribution is 6.30. The summed E-state index contributed by atoms with van der Waals surface area (Å²) in [5.41, 5.74) is 1.80. The molecule has 27 heavy (non-hydrogen) atoms. The van der Waals surface area contributed by atoms with E-state index in [2.05, 4.69) is 5.32 Å². The summed E-state index contributed by atoms with van der Waals surface area (Å²) in [6, 6.07) is 14.9. The average molecular weight is 387 g/mol. The summed E-state index contributed by atoms with van der Waals surface area (Å²) in [5, 5.41) is 3.57. The molecular weight excluding hydrogens is 364 g/mol. The minimum absolute atomic E-state index is 0.0336. The summed E-state index contributed by atoms with van der Waals surface area (Å²) in [4.78, 5) is 26.1. The number of halogens is 1. The Morgan fingerprint density at radius 2 is 1.85 bits per heavy atom. The molecule has 142 valence electrons. The fraction of sp³-hybridized carbons (Fsp3) is 0.333. The van der Waals surface area contributed by atoms with Crippen molar-refractivity contribution in [2.24, 2.45) is 5.92 Å². The van der Waals surface area contributed by atoms with Crippen LogP contribution in [0, 0.1) is 5.92 Å². The Bertz CT molecular complexity index is 803. The summed E-state index contributed by atoms with van der Waals surface area (Å²) in [7, 11) is 0. The summed E-state index contributed by atoms with van der Waals surface area (Å²) in [6.45, 7) is 4.67. The number of nitrogens with zero attached hydrogens (tertiary/aromatic N) is 1. The van der Waals surface area contributed by atoms with Crippen LogP contribution in [0.25, 0.3) is 0 Å². The molecule has 1 aliphatic heterocycles. The lowest BCUT2D eigenvalue weighted by atomic mass is 10.1. The highest BCUT2D eigenvalue weighted by Gasteiger charge is 2.35. The van der Waals surface area contributed by atoms with Gasteiger partial charge in [0, 0.05) is 29.7 Å². The Morgan fingerprint density at radius 3 is 2.48 bits per heavy atom. The zero-order chi connectivity index (χ0) is 19.4. The van der Waals surface area contributed by atoms with Gasteiger partial charge in [0.25, 0.3) is 0 Å². The summed E-state index contributed by atoms with van der Waals surface area (Å²) in [5.74, 6) is 0.313. The van der Waals surface area contributed by atoms with E-state index in [1.807, 2.05) is 62.4 Å². The molecule has 2 aromatic carbocycles. The van der Waals surface area contributed by atoms with Crippen molar-refractivity contribution in [1.82, 2.24) is 5.32 Å². The molecule has 5 nitrogen and oxygen atoms in total. The SMILES string of the molecule is CC(C)NC(=O)C1CC(=O)N(c2ccc(OCc3ccc(Cl)cc3)cc2)C1. The monoisotopic (exact) mass is 386 g/mol. The molecule has 2 amide bonds. The Hall–Kier alpha value is -2.53. The van der Waals surface area contributed by atoms with E-state index >= 15 is 0 Å². The third kappa shape index (κ3) is 5.01. The van der Waals surface area contributed by atoms with Gasteiger partial charge in [-0.2, -0.15) is 0 Å². The van der Waals surface area contributed by atoms with Crippen molar-refractivity contribution >= 4 is 29.1 Å². The molecule has 1 unspecified atom stereocenters. The van der Waals surface area contributed by atoms with Gasteiger partial charge in [0.1, 0.15) is 12.4 Å². The van der Waals surface area contributed by atoms with Crippen LogP contribution in [-0.4, -0.2) is 24.4 Å². The highest BCUT2D eigenvalue weighted by Crippen LogP contribution is 2.27. The second-order valence-corrected chi connectivity index (χ2v) is 7.41. The number of amides is 2. The molecule has 0 radical (unpaired) electrons. The quantitative estimate of drug-likeness (QED) is 0.821. The summed E-state index contributed by atoms with van der Waals surface area (Å²) in [6.07, 6.45) is 0.243. The molecule has 1 N–H and O–H groups in total. The fourth-order valence-corrected chi connectivity index (χ4v) is 3.13. The molecule has 0 spiro atoms. The van der Waals surface area contributed by atoms with Gasteiger partial charge in [0.2, 0.25) is 11.8 Å². The van der Waals surface area contributed by atoms with Gasteiger partial charge in [0.15, 0.2) is 0 Å². The van der Waals surface area contributed by atoms with Gasteiger partial charge in [-0.1, -0.05) is 23.7 Å². The number of benzene rings is 2. The first-order valence-corrected chi connectivity index (χ1v) is 9.38. The lowest BCUT2D eigenvalue weighted by Gasteiger charge is -2.18. The molecule has 1 saturated heterocycles. The fourth-order valence-electron chi connectivity index (χ4n) is 3.00. The lowest BCUT2D eigenvalue weighted by molar-refractivity contribution is -0.126. The Balaban J connectivity index is 1.59. The number of carbonyl (C=O) groups is 2. The Morgan fingerprint density at radius 1 is 1.19 bits per heavy atom. The minimum atomic E-state index is -0.305. The smallest absolute Gasteiger partial charge is 0.227 e. The van der Waals surface area contributed by atoms with Gasteiger partial charge in [0.05, 0.1) is 5.92 Å². The molecule has 1 fully saturated rings. The predicted octanol–water partition coefficient (Wildman–Crippen LogP) is 3.80. The number of hydrogen-bond donors (Lipinski definition) is 1. The predicted molar refractivity (Wildman–Crippen MR) is 106 cm³/mol. The first-order valence-electron chi connectivity index (χ1n) is 9.00. The van der Waals surface area contributed by atoms with E-state index in [1.165, 1.54) is 0 Å². The van der Waals surface area contributed by atoms with Crippen molar-refractivity contribution < 1.29 is 14.3 Å². The number of hydrogen-bond acceptors (Lipinski definition) is 3. The van der Waals surface area contributed by atoms with Gasteiger partial charge in [-0.15, -0.1) is 0 Å². The van der Waals surface area contributed by atoms with Gasteiger partial charge < -0.3 is 15.0 Å². The number of anilines is 1. The average Bonchev–Trinajstić information content (AvgIpc) is 3.03. The first-order chi connectivity index (χ1) is 12.9. The van der Waals surface area contributed by atoms with Crippen LogP contribution in [0.2, 0.25) is 5.02 Å². The molecule has 1 aliphatic rings. The van der Waals surface area contributed by atoms with Crippen LogP contribution in [0.1, 0.15) is 25.8 Å². The molecular formula is C21H23ClN2O3. The van der Waals surface area contributed by atoms with Crippen LogP contribution in [-0.2, 0) is 16.2 Å². The second kappa shape index (κ2) is 8.44. The number of ether oxygens (including phenoxy) is 1. The van der Waals surface area contributed by atoms with Crippen LogP contribution in [0.3, 0.4) is 0 Å². The maximum Gasteiger partial charge on any atom is 0.227 e. The maximum atomic E-state index is 12.3.